The van der Waals surface area contributed by atoms with E-state index in [4.69, 9.17) is 4.74 Å². The molecule has 152 valence electrons. The Balaban J connectivity index is 1.97. The zero-order chi connectivity index (χ0) is 20.4. The largest absolute Gasteiger partial charge is 0.495 e. The highest BCUT2D eigenvalue weighted by molar-refractivity contribution is 7.92. The maximum absolute atomic E-state index is 13.4. The second-order valence-corrected chi connectivity index (χ2v) is 9.98. The van der Waals surface area contributed by atoms with Crippen LogP contribution in [0, 0.1) is 5.82 Å². The first-order chi connectivity index (χ1) is 13.2. The second kappa shape index (κ2) is 8.06. The van der Waals surface area contributed by atoms with Gasteiger partial charge in [0.25, 0.3) is 10.0 Å². The van der Waals surface area contributed by atoms with Gasteiger partial charge in [0.2, 0.25) is 10.0 Å². The van der Waals surface area contributed by atoms with Crippen LogP contribution in [-0.2, 0) is 20.0 Å². The van der Waals surface area contributed by atoms with Gasteiger partial charge in [0.05, 0.1) is 17.7 Å². The first kappa shape index (κ1) is 20.6. The molecule has 0 aliphatic carbocycles. The molecule has 0 bridgehead atoms. The van der Waals surface area contributed by atoms with E-state index >= 15 is 0 Å². The number of sulfonamides is 2. The molecule has 7 nitrogen and oxygen atoms in total. The molecule has 0 aromatic heterocycles. The number of piperidine rings is 1. The Kier molecular flexibility index (Phi) is 5.92. The molecule has 0 saturated carbocycles. The molecule has 2 aromatic carbocycles. The lowest BCUT2D eigenvalue weighted by Crippen LogP contribution is -2.35. The van der Waals surface area contributed by atoms with Gasteiger partial charge in [-0.1, -0.05) is 12.5 Å². The van der Waals surface area contributed by atoms with Crippen LogP contribution in [0.2, 0.25) is 0 Å². The summed E-state index contributed by atoms with van der Waals surface area (Å²) in [7, 11) is -6.57. The lowest BCUT2D eigenvalue weighted by molar-refractivity contribution is 0.343. The summed E-state index contributed by atoms with van der Waals surface area (Å²) in [5.41, 5.74) is 0.0423. The van der Waals surface area contributed by atoms with Gasteiger partial charge in [0, 0.05) is 13.1 Å². The van der Waals surface area contributed by atoms with E-state index in [1.807, 2.05) is 0 Å². The molecule has 2 aromatic rings. The standard InChI is InChI=1S/C18H21FN2O5S2/c1-26-17-9-8-15(20-27(22,23)16-7-5-6-14(19)12-16)13-18(17)28(24,25)21-10-3-2-4-11-21/h5-9,12-13,20H,2-4,10-11H2,1H3. The third-order valence-corrected chi connectivity index (χ3v) is 7.75. The number of nitrogens with zero attached hydrogens (tertiary/aromatic N) is 1. The van der Waals surface area contributed by atoms with E-state index in [0.717, 1.165) is 31.4 Å². The molecule has 1 aliphatic heterocycles. The van der Waals surface area contributed by atoms with E-state index in [1.165, 1.54) is 41.7 Å². The van der Waals surface area contributed by atoms with Gasteiger partial charge in [-0.05, 0) is 49.2 Å². The Morgan fingerprint density at radius 1 is 1.00 bits per heavy atom. The highest BCUT2D eigenvalue weighted by atomic mass is 32.2. The topological polar surface area (TPSA) is 92.8 Å². The van der Waals surface area contributed by atoms with Crippen LogP contribution in [-0.4, -0.2) is 41.3 Å². The highest BCUT2D eigenvalue weighted by Gasteiger charge is 2.29. The van der Waals surface area contributed by atoms with E-state index in [-0.39, 0.29) is 21.2 Å². The van der Waals surface area contributed by atoms with Crippen LogP contribution in [0.15, 0.2) is 52.3 Å². The van der Waals surface area contributed by atoms with E-state index in [2.05, 4.69) is 4.72 Å². The maximum Gasteiger partial charge on any atom is 0.261 e. The molecule has 0 spiro atoms. The molecule has 28 heavy (non-hydrogen) atoms. The van der Waals surface area contributed by atoms with E-state index in [0.29, 0.717) is 13.1 Å². The average Bonchev–Trinajstić information content (AvgIpc) is 2.68. The van der Waals surface area contributed by atoms with Crippen molar-refractivity contribution in [3.8, 4) is 5.75 Å². The van der Waals surface area contributed by atoms with Crippen molar-refractivity contribution < 1.29 is 26.0 Å². The summed E-state index contributed by atoms with van der Waals surface area (Å²) in [5.74, 6) is -0.565. The zero-order valence-electron chi connectivity index (χ0n) is 15.3. The molecule has 1 heterocycles. The monoisotopic (exact) mass is 428 g/mol. The predicted molar refractivity (Wildman–Crippen MR) is 103 cm³/mol. The van der Waals surface area contributed by atoms with Crippen molar-refractivity contribution in [2.45, 2.75) is 29.1 Å². The number of halogens is 1. The van der Waals surface area contributed by atoms with Crippen LogP contribution in [0.3, 0.4) is 0 Å². The summed E-state index contributed by atoms with van der Waals surface area (Å²) in [6.07, 6.45) is 2.51. The van der Waals surface area contributed by atoms with Gasteiger partial charge >= 0.3 is 0 Å². The third-order valence-electron chi connectivity index (χ3n) is 4.46. The molecule has 0 unspecified atom stereocenters. The van der Waals surface area contributed by atoms with Crippen LogP contribution >= 0.6 is 0 Å². The van der Waals surface area contributed by atoms with Crippen LogP contribution in [0.5, 0.6) is 5.75 Å². The predicted octanol–water partition coefficient (Wildman–Crippen LogP) is 2.81. The Morgan fingerprint density at radius 2 is 1.71 bits per heavy atom. The Hall–Kier alpha value is -2.17. The molecular formula is C18H21FN2O5S2. The average molecular weight is 429 g/mol. The van der Waals surface area contributed by atoms with Crippen LogP contribution in [0.1, 0.15) is 19.3 Å². The van der Waals surface area contributed by atoms with Crippen molar-refractivity contribution in [3.05, 3.63) is 48.3 Å². The lowest BCUT2D eigenvalue weighted by Gasteiger charge is -2.26. The van der Waals surface area contributed by atoms with Crippen molar-refractivity contribution >= 4 is 25.7 Å². The minimum absolute atomic E-state index is 0.0423. The summed E-state index contributed by atoms with van der Waals surface area (Å²) in [4.78, 5) is -0.375. The summed E-state index contributed by atoms with van der Waals surface area (Å²) in [5, 5.41) is 0. The summed E-state index contributed by atoms with van der Waals surface area (Å²) in [6.45, 7) is 0.815. The quantitative estimate of drug-likeness (QED) is 0.764. The van der Waals surface area contributed by atoms with Gasteiger partial charge in [0.1, 0.15) is 16.5 Å². The number of anilines is 1. The number of methoxy groups -OCH3 is 1. The first-order valence-electron chi connectivity index (χ1n) is 8.70. The van der Waals surface area contributed by atoms with Crippen LogP contribution in [0.4, 0.5) is 10.1 Å². The number of nitrogens with one attached hydrogen (secondary N) is 1. The van der Waals surface area contributed by atoms with Gasteiger partial charge < -0.3 is 4.74 Å². The molecule has 1 aliphatic rings. The molecule has 0 amide bonds. The molecule has 1 N–H and O–H groups in total. The van der Waals surface area contributed by atoms with Gasteiger partial charge in [0.15, 0.2) is 0 Å². The number of ether oxygens (including phenoxy) is 1. The highest BCUT2D eigenvalue weighted by Crippen LogP contribution is 2.32. The minimum Gasteiger partial charge on any atom is -0.495 e. The van der Waals surface area contributed by atoms with Gasteiger partial charge in [-0.2, -0.15) is 4.31 Å². The summed E-state index contributed by atoms with van der Waals surface area (Å²) in [6, 6.07) is 8.56. The fourth-order valence-electron chi connectivity index (χ4n) is 3.03. The molecule has 1 saturated heterocycles. The number of benzene rings is 2. The SMILES string of the molecule is COc1ccc(NS(=O)(=O)c2cccc(F)c2)cc1S(=O)(=O)N1CCCCC1. The molecule has 3 rings (SSSR count). The van der Waals surface area contributed by atoms with Crippen LogP contribution < -0.4 is 9.46 Å². The van der Waals surface area contributed by atoms with Gasteiger partial charge in [-0.3, -0.25) is 4.72 Å². The molecule has 1 fully saturated rings. The Morgan fingerprint density at radius 3 is 2.36 bits per heavy atom. The molecule has 10 heteroatoms. The zero-order valence-corrected chi connectivity index (χ0v) is 16.9. The van der Waals surface area contributed by atoms with Crippen LogP contribution in [0.25, 0.3) is 0 Å². The van der Waals surface area contributed by atoms with Crippen molar-refractivity contribution in [2.75, 3.05) is 24.9 Å². The third kappa shape index (κ3) is 4.29. The number of hydrogen-bond donors (Lipinski definition) is 1. The molecular weight excluding hydrogens is 407 g/mol. The van der Waals surface area contributed by atoms with Crippen molar-refractivity contribution in [2.24, 2.45) is 0 Å². The maximum atomic E-state index is 13.4. The Labute approximate surface area is 164 Å². The van der Waals surface area contributed by atoms with E-state index < -0.39 is 25.9 Å². The van der Waals surface area contributed by atoms with E-state index in [9.17, 15) is 21.2 Å². The molecule has 0 radical (unpaired) electrons. The van der Waals surface area contributed by atoms with E-state index in [1.54, 1.807) is 0 Å². The lowest BCUT2D eigenvalue weighted by atomic mass is 10.2. The minimum atomic E-state index is -4.08. The summed E-state index contributed by atoms with van der Waals surface area (Å²) < 4.78 is 73.3. The van der Waals surface area contributed by atoms with Crippen molar-refractivity contribution in [3.63, 3.8) is 0 Å². The van der Waals surface area contributed by atoms with Crippen molar-refractivity contribution in [1.82, 2.24) is 4.31 Å². The number of rotatable bonds is 6. The molecule has 0 atom stereocenters. The normalized spacial score (nSPS) is 15.9. The number of hydrogen-bond acceptors (Lipinski definition) is 5. The first-order valence-corrected chi connectivity index (χ1v) is 11.6. The smallest absolute Gasteiger partial charge is 0.261 e. The fourth-order valence-corrected chi connectivity index (χ4v) is 5.81. The van der Waals surface area contributed by atoms with Gasteiger partial charge in [-0.15, -0.1) is 0 Å². The second-order valence-electron chi connectivity index (χ2n) is 6.39. The van der Waals surface area contributed by atoms with Gasteiger partial charge in [-0.25, -0.2) is 21.2 Å². The fraction of sp³-hybridized carbons (Fsp3) is 0.333. The summed E-state index contributed by atoms with van der Waals surface area (Å²) >= 11 is 0. The van der Waals surface area contributed by atoms with Crippen molar-refractivity contribution in [1.29, 1.82) is 0 Å². The Bertz CT molecular complexity index is 1070.